The number of hydrogen-bond donors (Lipinski definition) is 1. The molecule has 1 aromatic carbocycles. The number of rotatable bonds is 6. The Morgan fingerprint density at radius 2 is 2.14 bits per heavy atom. The Hall–Kier alpha value is -1.52. The van der Waals surface area contributed by atoms with Gasteiger partial charge in [0.25, 0.3) is 5.91 Å². The van der Waals surface area contributed by atoms with Crippen molar-refractivity contribution in [3.05, 3.63) is 40.6 Å². The van der Waals surface area contributed by atoms with Gasteiger partial charge in [0.15, 0.2) is 0 Å². The van der Waals surface area contributed by atoms with Gasteiger partial charge in [-0.25, -0.2) is 5.01 Å². The number of nitrogens with zero attached hydrogens (tertiary/aromatic N) is 2. The van der Waals surface area contributed by atoms with Crippen LogP contribution in [0.25, 0.3) is 0 Å². The average Bonchev–Trinajstić information content (AvgIpc) is 2.48. The normalized spacial score (nSPS) is 15.2. The number of hydrogen-bond acceptors (Lipinski definition) is 3. The zero-order valence-corrected chi connectivity index (χ0v) is 14.3. The van der Waals surface area contributed by atoms with Crippen LogP contribution in [-0.4, -0.2) is 35.6 Å². The largest absolute Gasteiger partial charge is 0.357 e. The fourth-order valence-electron chi connectivity index (χ4n) is 2.61. The first kappa shape index (κ1) is 16.8. The van der Waals surface area contributed by atoms with Crippen LogP contribution in [0.15, 0.2) is 30.0 Å². The molecule has 1 N–H and O–H groups in total. The third-order valence-electron chi connectivity index (χ3n) is 3.75. The van der Waals surface area contributed by atoms with Gasteiger partial charge in [-0.1, -0.05) is 31.5 Å². The summed E-state index contributed by atoms with van der Waals surface area (Å²) in [5.74, 6) is 0.0345. The highest BCUT2D eigenvalue weighted by molar-refractivity contribution is 6.33. The number of carbonyl (C=O) groups excluding carboxylic acids is 1. The van der Waals surface area contributed by atoms with Gasteiger partial charge in [-0.2, -0.15) is 0 Å². The lowest BCUT2D eigenvalue weighted by Crippen LogP contribution is -2.48. The fourth-order valence-corrected chi connectivity index (χ4v) is 2.90. The molecule has 0 radical (unpaired) electrons. The summed E-state index contributed by atoms with van der Waals surface area (Å²) in [7, 11) is 0. The zero-order valence-electron chi connectivity index (χ0n) is 13.5. The van der Waals surface area contributed by atoms with Gasteiger partial charge in [-0.3, -0.25) is 9.80 Å². The monoisotopic (exact) mass is 321 g/mol. The van der Waals surface area contributed by atoms with Crippen molar-refractivity contribution in [3.8, 4) is 0 Å². The standard InChI is InChI=1S/C17H24ClN3O/c1-4-9-20(5-2)21-10-8-14(12-17(21)22)19-16-7-6-13(3)11-15(16)18/h6-7,11-12,19H,4-5,8-10H2,1-3H3. The number of halogens is 1. The van der Waals surface area contributed by atoms with Crippen LogP contribution in [0.1, 0.15) is 32.3 Å². The highest BCUT2D eigenvalue weighted by Gasteiger charge is 2.23. The molecule has 22 heavy (non-hydrogen) atoms. The molecule has 5 heteroatoms. The summed E-state index contributed by atoms with van der Waals surface area (Å²) in [4.78, 5) is 12.3. The first-order valence-electron chi connectivity index (χ1n) is 7.85. The first-order valence-corrected chi connectivity index (χ1v) is 8.23. The fraction of sp³-hybridized carbons (Fsp3) is 0.471. The van der Waals surface area contributed by atoms with Crippen molar-refractivity contribution in [2.45, 2.75) is 33.6 Å². The second-order valence-electron chi connectivity index (χ2n) is 5.54. The van der Waals surface area contributed by atoms with E-state index in [0.717, 1.165) is 42.9 Å². The average molecular weight is 322 g/mol. The molecular weight excluding hydrogens is 298 g/mol. The van der Waals surface area contributed by atoms with E-state index in [0.29, 0.717) is 11.6 Å². The molecule has 1 aliphatic heterocycles. The molecule has 2 rings (SSSR count). The Bertz CT molecular complexity index is 571. The maximum Gasteiger partial charge on any atom is 0.262 e. The van der Waals surface area contributed by atoms with Crippen molar-refractivity contribution in [2.24, 2.45) is 0 Å². The molecule has 1 heterocycles. The number of amides is 1. The molecule has 0 fully saturated rings. The number of aryl methyl sites for hydroxylation is 1. The Morgan fingerprint density at radius 3 is 2.73 bits per heavy atom. The van der Waals surface area contributed by atoms with Gasteiger partial charge < -0.3 is 5.32 Å². The second kappa shape index (κ2) is 7.65. The second-order valence-corrected chi connectivity index (χ2v) is 5.94. The van der Waals surface area contributed by atoms with Crippen molar-refractivity contribution in [1.82, 2.24) is 10.0 Å². The minimum absolute atomic E-state index is 0.0345. The van der Waals surface area contributed by atoms with E-state index in [9.17, 15) is 4.79 Å². The Balaban J connectivity index is 2.07. The van der Waals surface area contributed by atoms with Gasteiger partial charge in [0.1, 0.15) is 0 Å². The molecule has 1 aromatic rings. The molecule has 0 saturated heterocycles. The van der Waals surface area contributed by atoms with Crippen LogP contribution >= 0.6 is 11.6 Å². The van der Waals surface area contributed by atoms with Crippen LogP contribution in [0.4, 0.5) is 5.69 Å². The van der Waals surface area contributed by atoms with Gasteiger partial charge in [-0.05, 0) is 31.0 Å². The van der Waals surface area contributed by atoms with E-state index in [-0.39, 0.29) is 5.91 Å². The summed E-state index contributed by atoms with van der Waals surface area (Å²) < 4.78 is 0. The lowest BCUT2D eigenvalue weighted by Gasteiger charge is -2.36. The molecule has 0 atom stereocenters. The number of carbonyl (C=O) groups is 1. The maximum atomic E-state index is 12.3. The number of benzene rings is 1. The van der Waals surface area contributed by atoms with E-state index in [4.69, 9.17) is 11.6 Å². The van der Waals surface area contributed by atoms with Crippen molar-refractivity contribution in [1.29, 1.82) is 0 Å². The molecule has 0 aromatic heterocycles. The summed E-state index contributed by atoms with van der Waals surface area (Å²) in [6.07, 6.45) is 3.51. The number of anilines is 1. The van der Waals surface area contributed by atoms with Crippen molar-refractivity contribution >= 4 is 23.2 Å². The van der Waals surface area contributed by atoms with E-state index in [1.807, 2.05) is 30.1 Å². The quantitative estimate of drug-likeness (QED) is 0.865. The molecule has 0 aliphatic carbocycles. The van der Waals surface area contributed by atoms with E-state index < -0.39 is 0 Å². The van der Waals surface area contributed by atoms with Crippen LogP contribution in [0.3, 0.4) is 0 Å². The Labute approximate surface area is 137 Å². The minimum Gasteiger partial charge on any atom is -0.357 e. The van der Waals surface area contributed by atoms with Crippen LogP contribution in [-0.2, 0) is 4.79 Å². The highest BCUT2D eigenvalue weighted by Crippen LogP contribution is 2.26. The topological polar surface area (TPSA) is 35.6 Å². The third-order valence-corrected chi connectivity index (χ3v) is 4.07. The van der Waals surface area contributed by atoms with E-state index in [1.165, 1.54) is 0 Å². The summed E-state index contributed by atoms with van der Waals surface area (Å²) in [6, 6.07) is 5.87. The van der Waals surface area contributed by atoms with Crippen LogP contribution in [0.5, 0.6) is 0 Å². The summed E-state index contributed by atoms with van der Waals surface area (Å²) in [6.45, 7) is 8.66. The minimum atomic E-state index is 0.0345. The molecule has 1 aliphatic rings. The van der Waals surface area contributed by atoms with E-state index >= 15 is 0 Å². The molecule has 0 saturated carbocycles. The summed E-state index contributed by atoms with van der Waals surface area (Å²) in [5.41, 5.74) is 2.88. The molecule has 1 amide bonds. The predicted octanol–water partition coefficient (Wildman–Crippen LogP) is 3.82. The number of nitrogens with one attached hydrogen (secondary N) is 1. The van der Waals surface area contributed by atoms with Gasteiger partial charge >= 0.3 is 0 Å². The predicted molar refractivity (Wildman–Crippen MR) is 91.8 cm³/mol. The van der Waals surface area contributed by atoms with E-state index in [2.05, 4.69) is 24.2 Å². The Morgan fingerprint density at radius 1 is 1.36 bits per heavy atom. The van der Waals surface area contributed by atoms with Gasteiger partial charge in [0, 0.05) is 37.8 Å². The molecule has 0 spiro atoms. The van der Waals surface area contributed by atoms with Crippen LogP contribution < -0.4 is 5.32 Å². The van der Waals surface area contributed by atoms with E-state index in [1.54, 1.807) is 6.08 Å². The first-order chi connectivity index (χ1) is 10.5. The summed E-state index contributed by atoms with van der Waals surface area (Å²) >= 11 is 6.23. The third kappa shape index (κ3) is 4.02. The Kier molecular flexibility index (Phi) is 5.86. The van der Waals surface area contributed by atoms with Crippen LogP contribution in [0, 0.1) is 6.92 Å². The molecule has 4 nitrogen and oxygen atoms in total. The van der Waals surface area contributed by atoms with Crippen LogP contribution in [0.2, 0.25) is 5.02 Å². The van der Waals surface area contributed by atoms with Gasteiger partial charge in [0.2, 0.25) is 0 Å². The van der Waals surface area contributed by atoms with Gasteiger partial charge in [0.05, 0.1) is 10.7 Å². The molecule has 120 valence electrons. The molecular formula is C17H24ClN3O. The number of hydrazine groups is 1. The van der Waals surface area contributed by atoms with Crippen molar-refractivity contribution < 1.29 is 4.79 Å². The SMILES string of the molecule is CCCN(CC)N1CCC(Nc2ccc(C)cc2Cl)=CC1=O. The highest BCUT2D eigenvalue weighted by atomic mass is 35.5. The molecule has 0 bridgehead atoms. The maximum absolute atomic E-state index is 12.3. The lowest BCUT2D eigenvalue weighted by atomic mass is 10.1. The lowest BCUT2D eigenvalue weighted by molar-refractivity contribution is -0.144. The summed E-state index contributed by atoms with van der Waals surface area (Å²) in [5, 5.41) is 7.90. The van der Waals surface area contributed by atoms with Crippen molar-refractivity contribution in [3.63, 3.8) is 0 Å². The molecule has 0 unspecified atom stereocenters. The van der Waals surface area contributed by atoms with Gasteiger partial charge in [-0.15, -0.1) is 0 Å². The smallest absolute Gasteiger partial charge is 0.262 e. The zero-order chi connectivity index (χ0) is 16.1. The van der Waals surface area contributed by atoms with Crippen molar-refractivity contribution in [2.75, 3.05) is 25.0 Å².